The summed E-state index contributed by atoms with van der Waals surface area (Å²) >= 11 is 0. The highest BCUT2D eigenvalue weighted by atomic mass is 15.1. The number of anilines is 3. The molecule has 0 saturated carbocycles. The van der Waals surface area contributed by atoms with Crippen LogP contribution in [0.25, 0.3) is 49.7 Å². The Morgan fingerprint density at radius 1 is 0.469 bits per heavy atom. The molecule has 0 bridgehead atoms. The van der Waals surface area contributed by atoms with E-state index in [1.165, 1.54) is 66.6 Å². The summed E-state index contributed by atoms with van der Waals surface area (Å²) in [6.07, 6.45) is 2.14. The Morgan fingerprint density at radius 2 is 1.06 bits per heavy atom. The number of benzene rings is 7. The van der Waals surface area contributed by atoms with Crippen LogP contribution in [0.2, 0.25) is 0 Å². The van der Waals surface area contributed by atoms with E-state index in [1.54, 1.807) is 0 Å². The molecule has 236 valence electrons. The predicted molar refractivity (Wildman–Crippen MR) is 208 cm³/mol. The van der Waals surface area contributed by atoms with Gasteiger partial charge in [-0.25, -0.2) is 0 Å². The first-order valence-electron chi connectivity index (χ1n) is 17.5. The van der Waals surface area contributed by atoms with Crippen molar-refractivity contribution in [2.24, 2.45) is 0 Å². The van der Waals surface area contributed by atoms with Crippen molar-refractivity contribution in [3.63, 3.8) is 0 Å². The van der Waals surface area contributed by atoms with E-state index in [2.05, 4.69) is 193 Å². The summed E-state index contributed by atoms with van der Waals surface area (Å²) in [6, 6.07) is 62.2. The van der Waals surface area contributed by atoms with Crippen LogP contribution in [0.5, 0.6) is 0 Å². The van der Waals surface area contributed by atoms with Crippen LogP contribution in [0.1, 0.15) is 37.8 Å². The minimum absolute atomic E-state index is 0.0179. The van der Waals surface area contributed by atoms with Gasteiger partial charge in [-0.15, -0.1) is 0 Å². The van der Waals surface area contributed by atoms with Crippen LogP contribution in [0, 0.1) is 0 Å². The van der Waals surface area contributed by atoms with E-state index < -0.39 is 0 Å². The minimum atomic E-state index is 0.0179. The van der Waals surface area contributed by atoms with Gasteiger partial charge in [0, 0.05) is 44.5 Å². The molecule has 49 heavy (non-hydrogen) atoms. The highest BCUT2D eigenvalue weighted by Crippen LogP contribution is 2.54. The smallest absolute Gasteiger partial charge is 0.0619 e. The van der Waals surface area contributed by atoms with Gasteiger partial charge in [-0.05, 0) is 95.3 Å². The molecule has 0 saturated heterocycles. The maximum atomic E-state index is 2.46. The number of nitrogens with zero attached hydrogens (tertiary/aromatic N) is 2. The second-order valence-electron chi connectivity index (χ2n) is 13.2. The summed E-state index contributed by atoms with van der Waals surface area (Å²) in [4.78, 5) is 2.41. The number of aromatic nitrogens is 1. The van der Waals surface area contributed by atoms with E-state index in [1.807, 2.05) is 0 Å². The highest BCUT2D eigenvalue weighted by Gasteiger charge is 2.40. The molecule has 9 rings (SSSR count). The monoisotopic (exact) mass is 630 g/mol. The van der Waals surface area contributed by atoms with Crippen LogP contribution in [-0.2, 0) is 5.41 Å². The fourth-order valence-corrected chi connectivity index (χ4v) is 8.51. The molecule has 1 heterocycles. The molecule has 1 aromatic heterocycles. The first-order valence-corrected chi connectivity index (χ1v) is 17.5. The molecule has 0 N–H and O–H groups in total. The van der Waals surface area contributed by atoms with Gasteiger partial charge in [0.15, 0.2) is 0 Å². The number of fused-ring (bicyclic) bond motifs is 6. The molecule has 2 heteroatoms. The first kappa shape index (κ1) is 29.3. The van der Waals surface area contributed by atoms with Gasteiger partial charge < -0.3 is 9.47 Å². The Labute approximate surface area is 288 Å². The fraction of sp³-hybridized carbons (Fsp3) is 0.106. The third-order valence-corrected chi connectivity index (χ3v) is 10.9. The number of hydrogen-bond acceptors (Lipinski definition) is 1. The quantitative estimate of drug-likeness (QED) is 0.170. The van der Waals surface area contributed by atoms with E-state index in [-0.39, 0.29) is 5.41 Å². The predicted octanol–water partition coefficient (Wildman–Crippen LogP) is 13.0. The zero-order chi connectivity index (χ0) is 33.0. The van der Waals surface area contributed by atoms with Gasteiger partial charge >= 0.3 is 0 Å². The third kappa shape index (κ3) is 4.48. The van der Waals surface area contributed by atoms with Crippen LogP contribution in [0.15, 0.2) is 170 Å². The van der Waals surface area contributed by atoms with Crippen molar-refractivity contribution in [3.05, 3.63) is 181 Å². The lowest BCUT2D eigenvalue weighted by Crippen LogP contribution is -2.23. The topological polar surface area (TPSA) is 8.17 Å². The summed E-state index contributed by atoms with van der Waals surface area (Å²) < 4.78 is 2.42. The zero-order valence-electron chi connectivity index (χ0n) is 28.0. The van der Waals surface area contributed by atoms with Gasteiger partial charge in [0.2, 0.25) is 0 Å². The maximum Gasteiger partial charge on any atom is 0.0619 e. The lowest BCUT2D eigenvalue weighted by Gasteiger charge is -2.31. The molecule has 2 nitrogen and oxygen atoms in total. The van der Waals surface area contributed by atoms with E-state index >= 15 is 0 Å². The zero-order valence-corrected chi connectivity index (χ0v) is 28.0. The normalized spacial score (nSPS) is 13.0. The summed E-state index contributed by atoms with van der Waals surface area (Å²) in [7, 11) is 0. The molecule has 7 aromatic carbocycles. The molecular weight excluding hydrogens is 593 g/mol. The van der Waals surface area contributed by atoms with Gasteiger partial charge in [-0.1, -0.05) is 129 Å². The van der Waals surface area contributed by atoms with Crippen molar-refractivity contribution >= 4 is 38.9 Å². The van der Waals surface area contributed by atoms with Crippen molar-refractivity contribution < 1.29 is 0 Å². The largest absolute Gasteiger partial charge is 0.310 e. The lowest BCUT2D eigenvalue weighted by atomic mass is 9.74. The fourth-order valence-electron chi connectivity index (χ4n) is 8.51. The second kappa shape index (κ2) is 11.7. The summed E-state index contributed by atoms with van der Waals surface area (Å²) in [5.41, 5.74) is 15.2. The van der Waals surface area contributed by atoms with Crippen LogP contribution < -0.4 is 4.90 Å². The molecule has 0 fully saturated rings. The molecule has 0 spiro atoms. The number of rotatable bonds is 7. The van der Waals surface area contributed by atoms with Gasteiger partial charge in [0.1, 0.15) is 0 Å². The highest BCUT2D eigenvalue weighted by molar-refractivity contribution is 6.13. The van der Waals surface area contributed by atoms with Crippen molar-refractivity contribution in [2.75, 3.05) is 4.90 Å². The average Bonchev–Trinajstić information content (AvgIpc) is 3.66. The molecule has 0 radical (unpaired) electrons. The first-order chi connectivity index (χ1) is 24.2. The molecule has 0 atom stereocenters. The summed E-state index contributed by atoms with van der Waals surface area (Å²) in [6.45, 7) is 4.68. The summed E-state index contributed by atoms with van der Waals surface area (Å²) in [5, 5.41) is 2.53. The average molecular weight is 631 g/mol. The van der Waals surface area contributed by atoms with Crippen molar-refractivity contribution in [3.8, 4) is 27.9 Å². The van der Waals surface area contributed by atoms with E-state index in [4.69, 9.17) is 0 Å². The maximum absolute atomic E-state index is 2.46. The van der Waals surface area contributed by atoms with Gasteiger partial charge in [-0.3, -0.25) is 0 Å². The summed E-state index contributed by atoms with van der Waals surface area (Å²) in [5.74, 6) is 0. The Kier molecular flexibility index (Phi) is 6.98. The lowest BCUT2D eigenvalue weighted by molar-refractivity contribution is 0.490. The Balaban J connectivity index is 1.19. The van der Waals surface area contributed by atoms with Crippen molar-refractivity contribution in [2.45, 2.75) is 32.1 Å². The molecular formula is C47H38N2. The molecule has 8 aromatic rings. The molecule has 0 amide bonds. The van der Waals surface area contributed by atoms with E-state index in [0.717, 1.165) is 24.2 Å². The van der Waals surface area contributed by atoms with Gasteiger partial charge in [0.05, 0.1) is 11.0 Å². The minimum Gasteiger partial charge on any atom is -0.310 e. The molecule has 0 unspecified atom stereocenters. The number of hydrogen-bond donors (Lipinski definition) is 0. The van der Waals surface area contributed by atoms with Crippen LogP contribution in [-0.4, -0.2) is 4.57 Å². The van der Waals surface area contributed by atoms with Crippen LogP contribution >= 0.6 is 0 Å². The standard InChI is InChI=1S/C47H38N2/c1-3-47(4-2)43-24-13-11-20-39(43)40-31-30-37(32-44(40)47)48(34-16-7-5-8-17-34)36-28-26-33(27-29-36)38-22-15-23-42-41-21-12-14-25-45(41)49(46(38)42)35-18-9-6-10-19-35/h5-32H,3-4H2,1-2H3. The Morgan fingerprint density at radius 3 is 1.84 bits per heavy atom. The number of para-hydroxylation sites is 4. The second-order valence-corrected chi connectivity index (χ2v) is 13.2. The third-order valence-electron chi connectivity index (χ3n) is 10.9. The van der Waals surface area contributed by atoms with Gasteiger partial charge in [-0.2, -0.15) is 0 Å². The van der Waals surface area contributed by atoms with Crippen molar-refractivity contribution in [1.29, 1.82) is 0 Å². The Bertz CT molecular complexity index is 2450. The molecule has 1 aliphatic carbocycles. The van der Waals surface area contributed by atoms with E-state index in [9.17, 15) is 0 Å². The van der Waals surface area contributed by atoms with Gasteiger partial charge in [0.25, 0.3) is 0 Å². The van der Waals surface area contributed by atoms with E-state index in [0.29, 0.717) is 0 Å². The molecule has 0 aliphatic heterocycles. The molecule has 1 aliphatic rings. The SMILES string of the molecule is CCC1(CC)c2ccccc2-c2ccc(N(c3ccccc3)c3ccc(-c4cccc5c6ccccc6n(-c6ccccc6)c45)cc3)cc21. The Hall–Kier alpha value is -5.86. The van der Waals surface area contributed by atoms with Crippen LogP contribution in [0.3, 0.4) is 0 Å². The van der Waals surface area contributed by atoms with Crippen molar-refractivity contribution in [1.82, 2.24) is 4.57 Å². The van der Waals surface area contributed by atoms with Crippen LogP contribution in [0.4, 0.5) is 17.1 Å².